The highest BCUT2D eigenvalue weighted by Gasteiger charge is 2.83. The molecule has 0 aromatic heterocycles. The van der Waals surface area contributed by atoms with Crippen LogP contribution in [0.1, 0.15) is 27.2 Å². The largest absolute Gasteiger partial charge is 0.468 e. The molecule has 11 nitrogen and oxygen atoms in total. The van der Waals surface area contributed by atoms with Crippen molar-refractivity contribution in [3.05, 3.63) is 0 Å². The molecule has 0 radical (unpaired) electrons. The van der Waals surface area contributed by atoms with Gasteiger partial charge < -0.3 is 38.3 Å². The molecular weight excluding hydrogens is 440 g/mol. The maximum atomic E-state index is 13.4. The van der Waals surface area contributed by atoms with Gasteiger partial charge in [0.25, 0.3) is 0 Å². The van der Waals surface area contributed by atoms with E-state index < -0.39 is 58.6 Å². The van der Waals surface area contributed by atoms with Crippen molar-refractivity contribution in [1.29, 1.82) is 0 Å². The third-order valence-corrected chi connectivity index (χ3v) is 6.43. The van der Waals surface area contributed by atoms with Crippen LogP contribution in [0, 0.1) is 23.7 Å². The molecule has 11 heteroatoms. The molecule has 2 fully saturated rings. The minimum Gasteiger partial charge on any atom is -0.468 e. The maximum absolute atomic E-state index is 13.4. The standard InChI is InChI=1S/C22H32O11/c1-8-16(25)21(19(26)29-7)17(32-14(3)24)9-15-18(31-12-28-6)22(21,13(2)23)33-20(15,4)10-30-11-27-5/h1,15-18,25H,9-12H2,2-7H3/t15-,16-,17-,18-,20+,21+,22-/m1/s1. The van der Waals surface area contributed by atoms with Gasteiger partial charge in [0.15, 0.2) is 16.8 Å². The summed E-state index contributed by atoms with van der Waals surface area (Å²) in [6, 6.07) is 0. The van der Waals surface area contributed by atoms with Crippen LogP contribution in [0.5, 0.6) is 0 Å². The van der Waals surface area contributed by atoms with E-state index in [9.17, 15) is 19.5 Å². The van der Waals surface area contributed by atoms with Crippen molar-refractivity contribution in [2.24, 2.45) is 11.3 Å². The molecule has 2 aliphatic rings. The Morgan fingerprint density at radius 1 is 1.18 bits per heavy atom. The minimum absolute atomic E-state index is 0.0519. The Morgan fingerprint density at radius 3 is 2.30 bits per heavy atom. The summed E-state index contributed by atoms with van der Waals surface area (Å²) in [5, 5.41) is 11.1. The second-order valence-electron chi connectivity index (χ2n) is 8.33. The Hall–Kier alpha value is -2.07. The highest BCUT2D eigenvalue weighted by atomic mass is 16.7. The number of ether oxygens (including phenoxy) is 7. The number of aliphatic hydroxyl groups is 1. The van der Waals surface area contributed by atoms with Crippen molar-refractivity contribution in [3.8, 4) is 12.3 Å². The van der Waals surface area contributed by atoms with Crippen LogP contribution in [0.15, 0.2) is 0 Å². The first-order valence-electron chi connectivity index (χ1n) is 10.3. The molecule has 1 saturated heterocycles. The lowest BCUT2D eigenvalue weighted by atomic mass is 9.53. The Bertz CT molecular complexity index is 792. The van der Waals surface area contributed by atoms with Crippen LogP contribution in [0.4, 0.5) is 0 Å². The number of methoxy groups -OCH3 is 3. The van der Waals surface area contributed by atoms with Crippen molar-refractivity contribution in [2.45, 2.75) is 56.7 Å². The number of Topliss-reactive ketones (excluding diaryl/α,β-unsaturated/α-hetero) is 1. The third kappa shape index (κ3) is 4.16. The van der Waals surface area contributed by atoms with Gasteiger partial charge in [0, 0.05) is 27.1 Å². The van der Waals surface area contributed by atoms with E-state index in [0.29, 0.717) is 0 Å². The highest BCUT2D eigenvalue weighted by Crippen LogP contribution is 2.63. The number of hydrogen-bond donors (Lipinski definition) is 1. The van der Waals surface area contributed by atoms with Crippen molar-refractivity contribution >= 4 is 17.7 Å². The van der Waals surface area contributed by atoms with Gasteiger partial charge in [-0.25, -0.2) is 0 Å². The number of terminal acetylenes is 1. The number of hydrogen-bond acceptors (Lipinski definition) is 11. The maximum Gasteiger partial charge on any atom is 0.322 e. The Kier molecular flexibility index (Phi) is 8.62. The zero-order chi connectivity index (χ0) is 25.0. The molecule has 1 aliphatic carbocycles. The molecule has 1 saturated carbocycles. The molecule has 2 bridgehead atoms. The van der Waals surface area contributed by atoms with Crippen LogP contribution < -0.4 is 0 Å². The minimum atomic E-state index is -2.33. The van der Waals surface area contributed by atoms with Crippen LogP contribution in [-0.2, 0) is 47.5 Å². The van der Waals surface area contributed by atoms with E-state index in [4.69, 9.17) is 39.6 Å². The second kappa shape index (κ2) is 10.5. The number of carbonyl (C=O) groups is 3. The summed E-state index contributed by atoms with van der Waals surface area (Å²) < 4.78 is 38.3. The van der Waals surface area contributed by atoms with Gasteiger partial charge >= 0.3 is 11.9 Å². The fourth-order valence-corrected chi connectivity index (χ4v) is 5.27. The first-order valence-corrected chi connectivity index (χ1v) is 10.3. The molecule has 2 rings (SSSR count). The van der Waals surface area contributed by atoms with Crippen molar-refractivity contribution < 1.29 is 52.6 Å². The molecule has 1 heterocycles. The molecular formula is C22H32O11. The lowest BCUT2D eigenvalue weighted by molar-refractivity contribution is -0.258. The van der Waals surface area contributed by atoms with E-state index in [2.05, 4.69) is 5.92 Å². The van der Waals surface area contributed by atoms with E-state index in [-0.39, 0.29) is 26.6 Å². The molecule has 7 atom stereocenters. The topological polar surface area (TPSA) is 136 Å². The number of ketones is 1. The zero-order valence-corrected chi connectivity index (χ0v) is 19.7. The van der Waals surface area contributed by atoms with E-state index in [1.165, 1.54) is 21.1 Å². The first-order chi connectivity index (χ1) is 15.5. The van der Waals surface area contributed by atoms with Gasteiger partial charge in [-0.2, -0.15) is 0 Å². The van der Waals surface area contributed by atoms with Crippen molar-refractivity contribution in [1.82, 2.24) is 0 Å². The van der Waals surface area contributed by atoms with Crippen LogP contribution in [-0.4, -0.2) is 93.9 Å². The molecule has 0 aromatic rings. The van der Waals surface area contributed by atoms with Gasteiger partial charge in [-0.15, -0.1) is 6.42 Å². The van der Waals surface area contributed by atoms with Crippen molar-refractivity contribution in [2.75, 3.05) is 41.5 Å². The average Bonchev–Trinajstić information content (AvgIpc) is 2.95. The number of aliphatic hydroxyl groups excluding tert-OH is 1. The molecule has 0 aromatic carbocycles. The van der Waals surface area contributed by atoms with Crippen molar-refractivity contribution in [3.63, 3.8) is 0 Å². The van der Waals surface area contributed by atoms with Crippen LogP contribution in [0.25, 0.3) is 0 Å². The lowest BCUT2D eigenvalue weighted by Gasteiger charge is -2.53. The van der Waals surface area contributed by atoms with E-state index in [1.54, 1.807) is 6.92 Å². The fourth-order valence-electron chi connectivity index (χ4n) is 5.27. The Labute approximate surface area is 192 Å². The van der Waals surface area contributed by atoms with Gasteiger partial charge in [-0.05, 0) is 20.3 Å². The highest BCUT2D eigenvalue weighted by molar-refractivity contribution is 5.97. The number of rotatable bonds is 11. The van der Waals surface area contributed by atoms with Gasteiger partial charge in [-0.3, -0.25) is 14.4 Å². The predicted octanol–water partition coefficient (Wildman–Crippen LogP) is -0.182. The summed E-state index contributed by atoms with van der Waals surface area (Å²) in [6.45, 7) is 3.60. The van der Waals surface area contributed by atoms with Gasteiger partial charge in [-0.1, -0.05) is 5.92 Å². The molecule has 0 amide bonds. The van der Waals surface area contributed by atoms with Crippen LogP contribution in [0.3, 0.4) is 0 Å². The summed E-state index contributed by atoms with van der Waals surface area (Å²) in [5.41, 5.74) is -5.76. The molecule has 186 valence electrons. The normalized spacial score (nSPS) is 36.0. The third-order valence-electron chi connectivity index (χ3n) is 6.43. The number of carbonyl (C=O) groups excluding carboxylic acids is 3. The summed E-state index contributed by atoms with van der Waals surface area (Å²) in [7, 11) is 3.90. The first kappa shape index (κ1) is 27.2. The molecule has 1 aliphatic heterocycles. The molecule has 1 N–H and O–H groups in total. The van der Waals surface area contributed by atoms with Crippen LogP contribution in [0.2, 0.25) is 0 Å². The second-order valence-corrected chi connectivity index (χ2v) is 8.33. The molecule has 0 spiro atoms. The van der Waals surface area contributed by atoms with Gasteiger partial charge in [0.2, 0.25) is 0 Å². The summed E-state index contributed by atoms with van der Waals surface area (Å²) in [4.78, 5) is 38.9. The monoisotopic (exact) mass is 472 g/mol. The Morgan fingerprint density at radius 2 is 1.82 bits per heavy atom. The number of fused-ring (bicyclic) bond motifs is 2. The predicted molar refractivity (Wildman–Crippen MR) is 110 cm³/mol. The van der Waals surface area contributed by atoms with E-state index >= 15 is 0 Å². The van der Waals surface area contributed by atoms with Crippen LogP contribution >= 0.6 is 0 Å². The SMILES string of the molecule is C#C[C@@H](O)[C@@]1(C(=O)OC)[C@H](OC(C)=O)C[C@@H]2[C@@H](OCOC)[C@@]1(C(C)=O)O[C@@]2(C)COCOC. The van der Waals surface area contributed by atoms with Gasteiger partial charge in [0.1, 0.15) is 31.9 Å². The quantitative estimate of drug-likeness (QED) is 0.186. The van der Waals surface area contributed by atoms with E-state index in [0.717, 1.165) is 14.0 Å². The molecule has 33 heavy (non-hydrogen) atoms. The smallest absolute Gasteiger partial charge is 0.322 e. The summed E-state index contributed by atoms with van der Waals surface area (Å²) in [6.07, 6.45) is 1.07. The van der Waals surface area contributed by atoms with Gasteiger partial charge in [0.05, 0.1) is 19.3 Å². The molecule has 0 unspecified atom stereocenters. The summed E-state index contributed by atoms with van der Waals surface area (Å²) >= 11 is 0. The fraction of sp³-hybridized carbons (Fsp3) is 0.773. The van der Waals surface area contributed by atoms with E-state index in [1.807, 2.05) is 0 Å². The number of esters is 2. The average molecular weight is 472 g/mol. The lowest BCUT2D eigenvalue weighted by Crippen LogP contribution is -2.75. The zero-order valence-electron chi connectivity index (χ0n) is 19.7. The summed E-state index contributed by atoms with van der Waals surface area (Å²) in [5.74, 6) is -1.04. The Balaban J connectivity index is 2.87.